The average Bonchev–Trinajstić information content (AvgIpc) is 2.17. The Bertz CT molecular complexity index is 342. The minimum absolute atomic E-state index is 0.782. The maximum Gasteiger partial charge on any atom is 0.150 e. The molecule has 1 aromatic rings. The molecule has 0 unspecified atom stereocenters. The Hall–Kier alpha value is -1.44. The summed E-state index contributed by atoms with van der Waals surface area (Å²) < 4.78 is 0. The van der Waals surface area contributed by atoms with Crippen LogP contribution in [0.4, 0.5) is 5.69 Å². The fourth-order valence-electron chi connectivity index (χ4n) is 1.47. The van der Waals surface area contributed by atoms with E-state index in [0.717, 1.165) is 35.9 Å². The lowest BCUT2D eigenvalue weighted by atomic mass is 10.00. The van der Waals surface area contributed by atoms with E-state index in [0.29, 0.717) is 0 Å². The average molecular weight is 159 g/mol. The number of rotatable bonds is 1. The number of carbonyl (C=O) groups excluding carboxylic acids is 1. The molecule has 1 aromatic carbocycles. The van der Waals surface area contributed by atoms with Crippen molar-refractivity contribution in [2.75, 3.05) is 0 Å². The Labute approximate surface area is 70.9 Å². The molecule has 2 nitrogen and oxygen atoms in total. The molecule has 12 heavy (non-hydrogen) atoms. The fraction of sp³-hybridized carbons (Fsp3) is 0.200. The predicted octanol–water partition coefficient (Wildman–Crippen LogP) is 2.15. The second-order valence-electron chi connectivity index (χ2n) is 2.81. The first-order chi connectivity index (χ1) is 5.92. The number of hydrogen-bond donors (Lipinski definition) is 0. The van der Waals surface area contributed by atoms with Gasteiger partial charge in [0.2, 0.25) is 0 Å². The molecule has 1 aliphatic rings. The summed E-state index contributed by atoms with van der Waals surface area (Å²) in [5, 5.41) is 0. The van der Waals surface area contributed by atoms with Crippen LogP contribution in [-0.2, 0) is 6.42 Å². The molecule has 60 valence electrons. The number of nitrogens with zero attached hydrogens (tertiary/aromatic N) is 1. The minimum Gasteiger partial charge on any atom is -0.298 e. The van der Waals surface area contributed by atoms with Gasteiger partial charge in [-0.25, -0.2) is 0 Å². The lowest BCUT2D eigenvalue weighted by Gasteiger charge is -2.10. The molecule has 0 amide bonds. The molecular formula is C10H9NO. The molecule has 1 aliphatic heterocycles. The highest BCUT2D eigenvalue weighted by atomic mass is 16.1. The standard InChI is InChI=1S/C10H9NO/c12-7-8-3-1-5-10-9(8)4-2-6-11-10/h1,3,5-7H,2,4H2. The summed E-state index contributed by atoms with van der Waals surface area (Å²) in [5.74, 6) is 0. The predicted molar refractivity (Wildman–Crippen MR) is 48.3 cm³/mol. The van der Waals surface area contributed by atoms with Gasteiger partial charge in [0.1, 0.15) is 6.29 Å². The summed E-state index contributed by atoms with van der Waals surface area (Å²) in [5.41, 5.74) is 2.82. The first kappa shape index (κ1) is 7.22. The van der Waals surface area contributed by atoms with Crippen molar-refractivity contribution >= 4 is 18.2 Å². The van der Waals surface area contributed by atoms with Gasteiger partial charge in [0.05, 0.1) is 5.69 Å². The van der Waals surface area contributed by atoms with E-state index in [1.807, 2.05) is 24.4 Å². The molecule has 0 N–H and O–H groups in total. The highest BCUT2D eigenvalue weighted by Crippen LogP contribution is 2.25. The zero-order valence-electron chi connectivity index (χ0n) is 6.66. The van der Waals surface area contributed by atoms with Crippen molar-refractivity contribution in [1.29, 1.82) is 0 Å². The molecule has 0 atom stereocenters. The molecule has 0 spiro atoms. The van der Waals surface area contributed by atoms with Gasteiger partial charge in [-0.2, -0.15) is 0 Å². The van der Waals surface area contributed by atoms with E-state index >= 15 is 0 Å². The zero-order chi connectivity index (χ0) is 8.39. The topological polar surface area (TPSA) is 29.4 Å². The van der Waals surface area contributed by atoms with E-state index in [4.69, 9.17) is 0 Å². The van der Waals surface area contributed by atoms with Gasteiger partial charge in [0.25, 0.3) is 0 Å². The SMILES string of the molecule is O=Cc1cccc2c1CCC=N2. The van der Waals surface area contributed by atoms with Crippen molar-refractivity contribution in [3.8, 4) is 0 Å². The summed E-state index contributed by atoms with van der Waals surface area (Å²) >= 11 is 0. The molecule has 0 radical (unpaired) electrons. The van der Waals surface area contributed by atoms with Gasteiger partial charge >= 0.3 is 0 Å². The molecule has 0 aromatic heterocycles. The van der Waals surface area contributed by atoms with E-state index in [9.17, 15) is 4.79 Å². The van der Waals surface area contributed by atoms with Gasteiger partial charge in [-0.3, -0.25) is 9.79 Å². The summed E-state index contributed by atoms with van der Waals surface area (Å²) in [6.45, 7) is 0. The Balaban J connectivity index is 2.60. The van der Waals surface area contributed by atoms with E-state index in [2.05, 4.69) is 4.99 Å². The summed E-state index contributed by atoms with van der Waals surface area (Å²) in [6, 6.07) is 5.65. The van der Waals surface area contributed by atoms with Gasteiger partial charge < -0.3 is 0 Å². The van der Waals surface area contributed by atoms with E-state index in [-0.39, 0.29) is 0 Å². The van der Waals surface area contributed by atoms with Gasteiger partial charge in [-0.15, -0.1) is 0 Å². The van der Waals surface area contributed by atoms with Crippen molar-refractivity contribution in [3.05, 3.63) is 29.3 Å². The van der Waals surface area contributed by atoms with Crippen LogP contribution in [0.3, 0.4) is 0 Å². The molecule has 0 saturated carbocycles. The van der Waals surface area contributed by atoms with Crippen LogP contribution in [0.15, 0.2) is 23.2 Å². The normalized spacial score (nSPS) is 14.0. The largest absolute Gasteiger partial charge is 0.298 e. The van der Waals surface area contributed by atoms with Crippen molar-refractivity contribution in [3.63, 3.8) is 0 Å². The quantitative estimate of drug-likeness (QED) is 0.577. The lowest BCUT2D eigenvalue weighted by molar-refractivity contribution is 0.112. The highest BCUT2D eigenvalue weighted by Gasteiger charge is 2.08. The van der Waals surface area contributed by atoms with Gasteiger partial charge in [-0.1, -0.05) is 12.1 Å². The Morgan fingerprint density at radius 2 is 2.33 bits per heavy atom. The summed E-state index contributed by atoms with van der Waals surface area (Å²) in [6.07, 6.45) is 4.68. The van der Waals surface area contributed by atoms with Crippen molar-refractivity contribution in [2.45, 2.75) is 12.8 Å². The third-order valence-electron chi connectivity index (χ3n) is 2.07. The van der Waals surface area contributed by atoms with Crippen LogP contribution >= 0.6 is 0 Å². The molecule has 0 fully saturated rings. The first-order valence-corrected chi connectivity index (χ1v) is 4.01. The van der Waals surface area contributed by atoms with Crippen LogP contribution in [0.25, 0.3) is 0 Å². The number of aldehydes is 1. The molecule has 0 aliphatic carbocycles. The van der Waals surface area contributed by atoms with E-state index in [1.54, 1.807) is 0 Å². The summed E-state index contributed by atoms with van der Waals surface area (Å²) in [4.78, 5) is 14.8. The highest BCUT2D eigenvalue weighted by molar-refractivity contribution is 5.82. The van der Waals surface area contributed by atoms with Crippen LogP contribution in [-0.4, -0.2) is 12.5 Å². The number of fused-ring (bicyclic) bond motifs is 1. The third-order valence-corrected chi connectivity index (χ3v) is 2.07. The molecule has 1 heterocycles. The third kappa shape index (κ3) is 1.05. The van der Waals surface area contributed by atoms with Crippen LogP contribution in [0, 0.1) is 0 Å². The van der Waals surface area contributed by atoms with E-state index in [1.165, 1.54) is 0 Å². The van der Waals surface area contributed by atoms with Crippen LogP contribution in [0.5, 0.6) is 0 Å². The van der Waals surface area contributed by atoms with Crippen molar-refractivity contribution < 1.29 is 4.79 Å². The first-order valence-electron chi connectivity index (χ1n) is 4.01. The van der Waals surface area contributed by atoms with Gasteiger partial charge in [-0.05, 0) is 24.5 Å². The monoisotopic (exact) mass is 159 g/mol. The number of carbonyl (C=O) groups is 1. The molecule has 0 bridgehead atoms. The number of hydrogen-bond acceptors (Lipinski definition) is 2. The number of benzene rings is 1. The molecule has 2 heteroatoms. The molecular weight excluding hydrogens is 150 g/mol. The number of aliphatic imine (C=N–C) groups is 1. The zero-order valence-corrected chi connectivity index (χ0v) is 6.66. The minimum atomic E-state index is 0.782. The fourth-order valence-corrected chi connectivity index (χ4v) is 1.47. The van der Waals surface area contributed by atoms with Crippen molar-refractivity contribution in [2.24, 2.45) is 4.99 Å². The smallest absolute Gasteiger partial charge is 0.150 e. The van der Waals surface area contributed by atoms with Crippen LogP contribution in [0.2, 0.25) is 0 Å². The second-order valence-corrected chi connectivity index (χ2v) is 2.81. The Kier molecular flexibility index (Phi) is 1.74. The van der Waals surface area contributed by atoms with Gasteiger partial charge in [0.15, 0.2) is 0 Å². The van der Waals surface area contributed by atoms with Gasteiger partial charge in [0, 0.05) is 11.8 Å². The van der Waals surface area contributed by atoms with Crippen LogP contribution < -0.4 is 0 Å². The summed E-state index contributed by atoms with van der Waals surface area (Å²) in [7, 11) is 0. The van der Waals surface area contributed by atoms with Crippen LogP contribution in [0.1, 0.15) is 22.3 Å². The molecule has 2 rings (SSSR count). The van der Waals surface area contributed by atoms with Crippen molar-refractivity contribution in [1.82, 2.24) is 0 Å². The second kappa shape index (κ2) is 2.89. The molecule has 0 saturated heterocycles. The van der Waals surface area contributed by atoms with E-state index < -0.39 is 0 Å². The maximum atomic E-state index is 10.6. The maximum absolute atomic E-state index is 10.6. The Morgan fingerprint density at radius 1 is 1.42 bits per heavy atom. The Morgan fingerprint density at radius 3 is 3.17 bits per heavy atom. The lowest BCUT2D eigenvalue weighted by Crippen LogP contribution is -1.98.